The Hall–Kier alpha value is -1.03. The third kappa shape index (κ3) is 2.63. The van der Waals surface area contributed by atoms with Gasteiger partial charge in [-0.25, -0.2) is 0 Å². The summed E-state index contributed by atoms with van der Waals surface area (Å²) >= 11 is 6.00. The molecule has 0 aliphatic heterocycles. The van der Waals surface area contributed by atoms with Crippen LogP contribution in [0.1, 0.15) is 12.0 Å². The van der Waals surface area contributed by atoms with Crippen LogP contribution < -0.4 is 0 Å². The molecule has 4 heteroatoms. The van der Waals surface area contributed by atoms with Gasteiger partial charge >= 0.3 is 0 Å². The second-order valence-electron chi connectivity index (χ2n) is 4.01. The summed E-state index contributed by atoms with van der Waals surface area (Å²) in [6, 6.07) is 5.74. The molecule has 3 nitrogen and oxygen atoms in total. The second kappa shape index (κ2) is 5.54. The minimum absolute atomic E-state index is 0.0510. The molecule has 1 N–H and O–H groups in total. The van der Waals surface area contributed by atoms with Crippen LogP contribution in [0, 0.1) is 0 Å². The third-order valence-electron chi connectivity index (χ3n) is 2.84. The van der Waals surface area contributed by atoms with E-state index in [2.05, 4.69) is 4.57 Å². The lowest BCUT2D eigenvalue weighted by Crippen LogP contribution is -1.99. The SMILES string of the molecule is COCCCn1cc(CO)c2ccc(Cl)cc21. The summed E-state index contributed by atoms with van der Waals surface area (Å²) in [5.74, 6) is 0. The van der Waals surface area contributed by atoms with E-state index < -0.39 is 0 Å². The van der Waals surface area contributed by atoms with Crippen LogP contribution in [-0.4, -0.2) is 23.4 Å². The first-order chi connectivity index (χ1) is 8.26. The van der Waals surface area contributed by atoms with Gasteiger partial charge in [0.05, 0.1) is 6.61 Å². The fraction of sp³-hybridized carbons (Fsp3) is 0.385. The molecule has 0 unspecified atom stereocenters. The average Bonchev–Trinajstić information content (AvgIpc) is 2.67. The summed E-state index contributed by atoms with van der Waals surface area (Å²) in [6.07, 6.45) is 2.92. The minimum Gasteiger partial charge on any atom is -0.392 e. The molecule has 0 fully saturated rings. The summed E-state index contributed by atoms with van der Waals surface area (Å²) in [5.41, 5.74) is 2.01. The van der Waals surface area contributed by atoms with Gasteiger partial charge in [0.1, 0.15) is 0 Å². The van der Waals surface area contributed by atoms with Gasteiger partial charge in [0.2, 0.25) is 0 Å². The van der Waals surface area contributed by atoms with Crippen molar-refractivity contribution in [2.24, 2.45) is 0 Å². The Morgan fingerprint density at radius 2 is 2.24 bits per heavy atom. The number of fused-ring (bicyclic) bond motifs is 1. The Balaban J connectivity index is 2.36. The van der Waals surface area contributed by atoms with Crippen molar-refractivity contribution in [1.82, 2.24) is 4.57 Å². The number of halogens is 1. The van der Waals surface area contributed by atoms with Crippen molar-refractivity contribution in [3.05, 3.63) is 35.0 Å². The number of hydrogen-bond acceptors (Lipinski definition) is 2. The topological polar surface area (TPSA) is 34.4 Å². The van der Waals surface area contributed by atoms with Gasteiger partial charge in [0.25, 0.3) is 0 Å². The minimum atomic E-state index is 0.0510. The van der Waals surface area contributed by atoms with Crippen molar-refractivity contribution in [3.8, 4) is 0 Å². The van der Waals surface area contributed by atoms with Gasteiger partial charge in [-0.1, -0.05) is 17.7 Å². The lowest BCUT2D eigenvalue weighted by molar-refractivity contribution is 0.190. The number of nitrogens with zero attached hydrogens (tertiary/aromatic N) is 1. The van der Waals surface area contributed by atoms with Gasteiger partial charge in [-0.3, -0.25) is 0 Å². The molecule has 17 heavy (non-hydrogen) atoms. The number of hydrogen-bond donors (Lipinski definition) is 1. The van der Waals surface area contributed by atoms with E-state index in [1.165, 1.54) is 0 Å². The maximum Gasteiger partial charge on any atom is 0.0702 e. The van der Waals surface area contributed by atoms with Crippen molar-refractivity contribution in [2.75, 3.05) is 13.7 Å². The Labute approximate surface area is 106 Å². The number of aromatic nitrogens is 1. The fourth-order valence-corrected chi connectivity index (χ4v) is 2.20. The van der Waals surface area contributed by atoms with Crippen LogP contribution in [0.2, 0.25) is 5.02 Å². The Morgan fingerprint density at radius 1 is 1.41 bits per heavy atom. The summed E-state index contributed by atoms with van der Waals surface area (Å²) in [5, 5.41) is 11.1. The molecule has 0 atom stereocenters. The van der Waals surface area contributed by atoms with E-state index >= 15 is 0 Å². The fourth-order valence-electron chi connectivity index (χ4n) is 2.03. The molecule has 0 aliphatic rings. The van der Waals surface area contributed by atoms with Crippen LogP contribution in [0.5, 0.6) is 0 Å². The predicted octanol–water partition coefficient (Wildman–Crippen LogP) is 2.82. The first-order valence-electron chi connectivity index (χ1n) is 5.63. The van der Waals surface area contributed by atoms with Gasteiger partial charge < -0.3 is 14.4 Å². The number of aryl methyl sites for hydroxylation is 1. The van der Waals surface area contributed by atoms with Gasteiger partial charge in [-0.05, 0) is 18.6 Å². The monoisotopic (exact) mass is 253 g/mol. The molecule has 2 rings (SSSR count). The molecule has 1 aromatic heterocycles. The first kappa shape index (κ1) is 12.4. The van der Waals surface area contributed by atoms with E-state index in [0.29, 0.717) is 5.02 Å². The Morgan fingerprint density at radius 3 is 2.94 bits per heavy atom. The van der Waals surface area contributed by atoms with E-state index in [1.807, 2.05) is 24.4 Å². The Kier molecular flexibility index (Phi) is 4.05. The van der Waals surface area contributed by atoms with Crippen LogP contribution in [0.4, 0.5) is 0 Å². The van der Waals surface area contributed by atoms with Crippen molar-refractivity contribution >= 4 is 22.5 Å². The molecule has 0 bridgehead atoms. The van der Waals surface area contributed by atoms with Gasteiger partial charge in [0, 0.05) is 47.9 Å². The van der Waals surface area contributed by atoms with Crippen LogP contribution in [0.25, 0.3) is 10.9 Å². The molecular formula is C13H16ClNO2. The predicted molar refractivity (Wildman–Crippen MR) is 69.4 cm³/mol. The normalized spacial score (nSPS) is 11.2. The molecule has 0 saturated carbocycles. The van der Waals surface area contributed by atoms with Crippen molar-refractivity contribution in [1.29, 1.82) is 0 Å². The summed E-state index contributed by atoms with van der Waals surface area (Å²) in [7, 11) is 1.70. The van der Waals surface area contributed by atoms with Crippen LogP contribution in [0.15, 0.2) is 24.4 Å². The summed E-state index contributed by atoms with van der Waals surface area (Å²) < 4.78 is 7.16. The van der Waals surface area contributed by atoms with Gasteiger partial charge in [-0.15, -0.1) is 0 Å². The standard InChI is InChI=1S/C13H16ClNO2/c1-17-6-2-5-15-8-10(9-16)12-4-3-11(14)7-13(12)15/h3-4,7-8,16H,2,5-6,9H2,1H3. The molecule has 92 valence electrons. The number of rotatable bonds is 5. The molecule has 0 radical (unpaired) electrons. The number of aliphatic hydroxyl groups excluding tert-OH is 1. The maximum absolute atomic E-state index is 9.32. The highest BCUT2D eigenvalue weighted by Crippen LogP contribution is 2.25. The van der Waals surface area contributed by atoms with Gasteiger partial charge in [-0.2, -0.15) is 0 Å². The van der Waals surface area contributed by atoms with Crippen molar-refractivity contribution < 1.29 is 9.84 Å². The molecule has 1 aromatic carbocycles. The molecule has 1 heterocycles. The lowest BCUT2D eigenvalue weighted by atomic mass is 10.2. The number of methoxy groups -OCH3 is 1. The zero-order valence-electron chi connectivity index (χ0n) is 9.82. The van der Waals surface area contributed by atoms with Crippen molar-refractivity contribution in [2.45, 2.75) is 19.6 Å². The van der Waals surface area contributed by atoms with E-state index in [-0.39, 0.29) is 6.61 Å². The quantitative estimate of drug-likeness (QED) is 0.832. The summed E-state index contributed by atoms with van der Waals surface area (Å²) in [4.78, 5) is 0. The number of aliphatic hydroxyl groups is 1. The Bertz CT molecular complexity index is 507. The van der Waals surface area contributed by atoms with Crippen LogP contribution >= 0.6 is 11.6 Å². The molecule has 2 aromatic rings. The number of ether oxygens (including phenoxy) is 1. The zero-order chi connectivity index (χ0) is 12.3. The molecule has 0 spiro atoms. The van der Waals surface area contributed by atoms with E-state index in [0.717, 1.165) is 36.0 Å². The third-order valence-corrected chi connectivity index (χ3v) is 3.08. The highest BCUT2D eigenvalue weighted by atomic mass is 35.5. The van der Waals surface area contributed by atoms with Crippen LogP contribution in [0.3, 0.4) is 0 Å². The van der Waals surface area contributed by atoms with Crippen LogP contribution in [-0.2, 0) is 17.9 Å². The first-order valence-corrected chi connectivity index (χ1v) is 6.01. The molecule has 0 amide bonds. The van der Waals surface area contributed by atoms with Crippen molar-refractivity contribution in [3.63, 3.8) is 0 Å². The lowest BCUT2D eigenvalue weighted by Gasteiger charge is -2.04. The summed E-state index contributed by atoms with van der Waals surface area (Å²) in [6.45, 7) is 1.65. The van der Waals surface area contributed by atoms with E-state index in [1.54, 1.807) is 7.11 Å². The highest BCUT2D eigenvalue weighted by Gasteiger charge is 2.07. The van der Waals surface area contributed by atoms with E-state index in [9.17, 15) is 5.11 Å². The maximum atomic E-state index is 9.32. The molecule has 0 saturated heterocycles. The second-order valence-corrected chi connectivity index (χ2v) is 4.45. The zero-order valence-corrected chi connectivity index (χ0v) is 10.6. The highest BCUT2D eigenvalue weighted by molar-refractivity contribution is 6.31. The average molecular weight is 254 g/mol. The molecular weight excluding hydrogens is 238 g/mol. The molecule has 0 aliphatic carbocycles. The van der Waals surface area contributed by atoms with Gasteiger partial charge in [0.15, 0.2) is 0 Å². The smallest absolute Gasteiger partial charge is 0.0702 e. The largest absolute Gasteiger partial charge is 0.392 e. The number of benzene rings is 1. The van der Waals surface area contributed by atoms with E-state index in [4.69, 9.17) is 16.3 Å².